The van der Waals surface area contributed by atoms with Crippen LogP contribution >= 0.6 is 0 Å². The van der Waals surface area contributed by atoms with Gasteiger partial charge < -0.3 is 24.8 Å². The van der Waals surface area contributed by atoms with Crippen LogP contribution < -0.4 is 24.8 Å². The number of nitrogens with one attached hydrogen (secondary N) is 2. The second-order valence-corrected chi connectivity index (χ2v) is 6.08. The number of anilines is 2. The van der Waals surface area contributed by atoms with E-state index in [1.54, 1.807) is 24.4 Å². The summed E-state index contributed by atoms with van der Waals surface area (Å²) in [5.74, 6) is 2.27. The first-order valence-corrected chi connectivity index (χ1v) is 8.29. The third kappa shape index (κ3) is 4.78. The summed E-state index contributed by atoms with van der Waals surface area (Å²) in [4.78, 5) is 16.8. The van der Waals surface area contributed by atoms with E-state index in [0.717, 1.165) is 12.4 Å². The highest BCUT2D eigenvalue weighted by Crippen LogP contribution is 2.38. The van der Waals surface area contributed by atoms with Gasteiger partial charge in [0.25, 0.3) is 5.91 Å². The van der Waals surface area contributed by atoms with Gasteiger partial charge in [-0.05, 0) is 30.2 Å². The zero-order valence-corrected chi connectivity index (χ0v) is 15.8. The summed E-state index contributed by atoms with van der Waals surface area (Å²) in [6.07, 6.45) is 1.61. The van der Waals surface area contributed by atoms with Gasteiger partial charge in [-0.2, -0.15) is 0 Å². The van der Waals surface area contributed by atoms with Crippen molar-refractivity contribution in [1.82, 2.24) is 4.98 Å². The summed E-state index contributed by atoms with van der Waals surface area (Å²) in [5, 5.41) is 6.04. The predicted octanol–water partition coefficient (Wildman–Crippen LogP) is 3.43. The van der Waals surface area contributed by atoms with Gasteiger partial charge in [0.05, 0.1) is 33.2 Å². The molecule has 1 heterocycles. The Morgan fingerprint density at radius 2 is 1.73 bits per heavy atom. The van der Waals surface area contributed by atoms with E-state index in [1.807, 2.05) is 6.07 Å². The van der Waals surface area contributed by atoms with Crippen LogP contribution in [-0.4, -0.2) is 38.8 Å². The Morgan fingerprint density at radius 1 is 1.08 bits per heavy atom. The molecule has 7 nitrogen and oxygen atoms in total. The SMILES string of the molecule is COc1cc(C(=O)Nc2ccc(NCC(C)C)nc2)cc(OC)c1OC. The van der Waals surface area contributed by atoms with Crippen molar-refractivity contribution in [3.05, 3.63) is 36.0 Å². The summed E-state index contributed by atoms with van der Waals surface area (Å²) >= 11 is 0. The molecule has 2 rings (SSSR count). The number of nitrogens with zero attached hydrogens (tertiary/aromatic N) is 1. The lowest BCUT2D eigenvalue weighted by Gasteiger charge is -2.14. The number of hydrogen-bond donors (Lipinski definition) is 2. The van der Waals surface area contributed by atoms with Gasteiger partial charge in [-0.1, -0.05) is 13.8 Å². The first-order valence-electron chi connectivity index (χ1n) is 8.29. The fourth-order valence-corrected chi connectivity index (χ4v) is 2.30. The van der Waals surface area contributed by atoms with Crippen molar-refractivity contribution >= 4 is 17.4 Å². The summed E-state index contributed by atoms with van der Waals surface area (Å²) in [7, 11) is 4.53. The van der Waals surface area contributed by atoms with Crippen molar-refractivity contribution in [3.8, 4) is 17.2 Å². The Hall–Kier alpha value is -2.96. The van der Waals surface area contributed by atoms with E-state index in [4.69, 9.17) is 14.2 Å². The largest absolute Gasteiger partial charge is 0.493 e. The van der Waals surface area contributed by atoms with E-state index >= 15 is 0 Å². The lowest BCUT2D eigenvalue weighted by Crippen LogP contribution is -2.13. The van der Waals surface area contributed by atoms with Crippen LogP contribution in [0.2, 0.25) is 0 Å². The number of amides is 1. The van der Waals surface area contributed by atoms with Crippen LogP contribution in [0.3, 0.4) is 0 Å². The van der Waals surface area contributed by atoms with Gasteiger partial charge in [-0.3, -0.25) is 4.79 Å². The lowest BCUT2D eigenvalue weighted by molar-refractivity contribution is 0.102. The summed E-state index contributed by atoms with van der Waals surface area (Å²) < 4.78 is 15.8. The molecule has 0 unspecified atom stereocenters. The van der Waals surface area contributed by atoms with Gasteiger partial charge >= 0.3 is 0 Å². The molecule has 0 fully saturated rings. The molecular weight excluding hydrogens is 334 g/mol. The van der Waals surface area contributed by atoms with E-state index in [9.17, 15) is 4.79 Å². The highest BCUT2D eigenvalue weighted by atomic mass is 16.5. The Balaban J connectivity index is 2.14. The molecule has 0 bridgehead atoms. The maximum absolute atomic E-state index is 12.5. The van der Waals surface area contributed by atoms with Crippen molar-refractivity contribution in [3.63, 3.8) is 0 Å². The standard InChI is InChI=1S/C19H25N3O4/c1-12(2)10-20-17-7-6-14(11-21-17)22-19(23)13-8-15(24-3)18(26-5)16(9-13)25-4/h6-9,11-12H,10H2,1-5H3,(H,20,21)(H,22,23). The van der Waals surface area contributed by atoms with Gasteiger partial charge in [0.15, 0.2) is 11.5 Å². The van der Waals surface area contributed by atoms with Gasteiger partial charge in [0.1, 0.15) is 5.82 Å². The minimum atomic E-state index is -0.297. The van der Waals surface area contributed by atoms with Gasteiger partial charge in [-0.25, -0.2) is 4.98 Å². The van der Waals surface area contributed by atoms with Crippen molar-refractivity contribution in [1.29, 1.82) is 0 Å². The predicted molar refractivity (Wildman–Crippen MR) is 102 cm³/mol. The molecule has 0 aliphatic rings. The molecule has 0 aliphatic heterocycles. The average molecular weight is 359 g/mol. The van der Waals surface area contributed by atoms with Gasteiger partial charge in [-0.15, -0.1) is 0 Å². The molecule has 2 aromatic rings. The first-order chi connectivity index (χ1) is 12.5. The zero-order chi connectivity index (χ0) is 19.1. The molecule has 1 aromatic carbocycles. The van der Waals surface area contributed by atoms with Gasteiger partial charge in [0.2, 0.25) is 5.75 Å². The van der Waals surface area contributed by atoms with Crippen LogP contribution in [0.5, 0.6) is 17.2 Å². The molecule has 0 spiro atoms. The molecular formula is C19H25N3O4. The van der Waals surface area contributed by atoms with E-state index < -0.39 is 0 Å². The number of rotatable bonds is 8. The zero-order valence-electron chi connectivity index (χ0n) is 15.8. The number of hydrogen-bond acceptors (Lipinski definition) is 6. The van der Waals surface area contributed by atoms with Crippen molar-refractivity contribution in [2.45, 2.75) is 13.8 Å². The third-order valence-electron chi connectivity index (χ3n) is 3.64. The first kappa shape index (κ1) is 19.4. The number of methoxy groups -OCH3 is 3. The third-order valence-corrected chi connectivity index (χ3v) is 3.64. The number of carbonyl (C=O) groups is 1. The van der Waals surface area contributed by atoms with Crippen LogP contribution in [0.25, 0.3) is 0 Å². The van der Waals surface area contributed by atoms with Crippen LogP contribution in [0.1, 0.15) is 24.2 Å². The van der Waals surface area contributed by atoms with Crippen LogP contribution in [0.15, 0.2) is 30.5 Å². The minimum Gasteiger partial charge on any atom is -0.493 e. The van der Waals surface area contributed by atoms with E-state index in [-0.39, 0.29) is 5.91 Å². The molecule has 7 heteroatoms. The Morgan fingerprint density at radius 3 is 2.19 bits per heavy atom. The minimum absolute atomic E-state index is 0.297. The maximum atomic E-state index is 12.5. The number of carbonyl (C=O) groups excluding carboxylic acids is 1. The molecule has 26 heavy (non-hydrogen) atoms. The molecule has 1 amide bonds. The summed E-state index contributed by atoms with van der Waals surface area (Å²) in [6, 6.07) is 6.82. The number of ether oxygens (including phenoxy) is 3. The Labute approximate surface area is 153 Å². The van der Waals surface area contributed by atoms with Gasteiger partial charge in [0, 0.05) is 12.1 Å². The number of benzene rings is 1. The lowest BCUT2D eigenvalue weighted by atomic mass is 10.1. The van der Waals surface area contributed by atoms with E-state index in [2.05, 4.69) is 29.5 Å². The summed E-state index contributed by atoms with van der Waals surface area (Å²) in [5.41, 5.74) is 0.986. The van der Waals surface area contributed by atoms with Crippen molar-refractivity contribution < 1.29 is 19.0 Å². The topological polar surface area (TPSA) is 81.7 Å². The number of aromatic nitrogens is 1. The second kappa shape index (κ2) is 8.94. The fraction of sp³-hybridized carbons (Fsp3) is 0.368. The van der Waals surface area contributed by atoms with Crippen molar-refractivity contribution in [2.24, 2.45) is 5.92 Å². The van der Waals surface area contributed by atoms with Crippen LogP contribution in [0.4, 0.5) is 11.5 Å². The average Bonchev–Trinajstić information content (AvgIpc) is 2.65. The van der Waals surface area contributed by atoms with Crippen LogP contribution in [0, 0.1) is 5.92 Å². The Bertz CT molecular complexity index is 720. The molecule has 0 atom stereocenters. The van der Waals surface area contributed by atoms with E-state index in [0.29, 0.717) is 34.4 Å². The molecule has 0 saturated heterocycles. The molecule has 0 saturated carbocycles. The molecule has 2 N–H and O–H groups in total. The van der Waals surface area contributed by atoms with E-state index in [1.165, 1.54) is 21.3 Å². The monoisotopic (exact) mass is 359 g/mol. The summed E-state index contributed by atoms with van der Waals surface area (Å²) in [6.45, 7) is 5.09. The molecule has 0 radical (unpaired) electrons. The number of pyridine rings is 1. The second-order valence-electron chi connectivity index (χ2n) is 6.08. The van der Waals surface area contributed by atoms with Crippen molar-refractivity contribution in [2.75, 3.05) is 38.5 Å². The maximum Gasteiger partial charge on any atom is 0.255 e. The highest BCUT2D eigenvalue weighted by Gasteiger charge is 2.17. The molecule has 1 aromatic heterocycles. The van der Waals surface area contributed by atoms with Crippen LogP contribution in [-0.2, 0) is 0 Å². The molecule has 0 aliphatic carbocycles. The quantitative estimate of drug-likeness (QED) is 0.751. The normalized spacial score (nSPS) is 10.4. The molecule has 140 valence electrons. The smallest absolute Gasteiger partial charge is 0.255 e. The Kier molecular flexibility index (Phi) is 6.66. The highest BCUT2D eigenvalue weighted by molar-refractivity contribution is 6.05. The fourth-order valence-electron chi connectivity index (χ4n) is 2.30.